The Labute approximate surface area is 549 Å². The van der Waals surface area contributed by atoms with Crippen molar-refractivity contribution in [3.63, 3.8) is 0 Å². The predicted molar refractivity (Wildman–Crippen MR) is 348 cm³/mol. The molecular weight excluding hydrogens is 1240 g/mol. The van der Waals surface area contributed by atoms with E-state index in [1.165, 1.54) is 42.6 Å². The zero-order valence-electron chi connectivity index (χ0n) is 53.4. The number of nitrogens with zero attached hydrogens (tertiary/aromatic N) is 3. The number of hydrogen-bond donors (Lipinski definition) is 11. The Bertz CT molecular complexity index is 3140. The minimum absolute atomic E-state index is 0.00895. The van der Waals surface area contributed by atoms with Crippen LogP contribution >= 0.6 is 23.5 Å². The first-order valence-corrected chi connectivity index (χ1v) is 33.5. The van der Waals surface area contributed by atoms with Crippen molar-refractivity contribution >= 4 is 88.6 Å². The smallest absolute Gasteiger partial charge is 0.326 e. The van der Waals surface area contributed by atoms with Crippen LogP contribution in [0, 0.1) is 23.7 Å². The number of carbonyl (C=O) groups excluding carboxylic acids is 10. The average Bonchev–Trinajstić information content (AvgIpc) is 1.97. The Hall–Kier alpha value is -8.44. The summed E-state index contributed by atoms with van der Waals surface area (Å²) in [7, 11) is 0. The van der Waals surface area contributed by atoms with E-state index in [1.54, 1.807) is 94.6 Å². The first kappa shape index (κ1) is 75.3. The summed E-state index contributed by atoms with van der Waals surface area (Å²) < 4.78 is 19.3. The van der Waals surface area contributed by atoms with Gasteiger partial charge in [0, 0.05) is 56.1 Å². The highest BCUT2D eigenvalue weighted by atomic mass is 32.2. The van der Waals surface area contributed by atoms with Gasteiger partial charge in [0.25, 0.3) is 5.95 Å². The molecule has 12 N–H and O–H groups in total. The third-order valence-corrected chi connectivity index (χ3v) is 17.5. The minimum Gasteiger partial charge on any atom is -0.489 e. The van der Waals surface area contributed by atoms with Crippen molar-refractivity contribution in [3.05, 3.63) is 114 Å². The lowest BCUT2D eigenvalue weighted by atomic mass is 9.94. The Morgan fingerprint density at radius 1 is 0.710 bits per heavy atom. The normalized spacial score (nSPS) is 16.2. The number of nitrogens with one attached hydrogen (secondary N) is 9. The second kappa shape index (κ2) is 38.5. The fourth-order valence-corrected chi connectivity index (χ4v) is 11.4. The SMILES string of the molecule is CC[C@H](C)[C@H](NC(=O)[C@H](CC(C)C)NC(=O)[C@H](Cc1ccccc1)NC(=O)[C@H](Cc1cnc[nH]1)NC(=O)[C@@H](N)CSC1CC(=O)N(CCCOc2cccnc2[18F])C1=O)C(=O)N[C@H](C(=O)NCC(=O)N[C@@H](Cc1ccccc1)C(=O)N[C@@H](CCSC)C(=O)O)[C@@H](C)CC. The monoisotopic (exact) mass is 1330 g/mol. The van der Waals surface area contributed by atoms with Gasteiger partial charge in [-0.2, -0.15) is 16.2 Å². The number of likely N-dealkylation sites (tertiary alicyclic amines) is 1. The van der Waals surface area contributed by atoms with Gasteiger partial charge < -0.3 is 63.1 Å². The molecule has 0 aliphatic carbocycles. The second-order valence-electron chi connectivity index (χ2n) is 23.2. The van der Waals surface area contributed by atoms with Gasteiger partial charge in [-0.1, -0.05) is 115 Å². The number of thioether (sulfide) groups is 2. The highest BCUT2D eigenvalue weighted by Gasteiger charge is 2.40. The number of imidazole rings is 1. The predicted octanol–water partition coefficient (Wildman–Crippen LogP) is 2.11. The molecule has 93 heavy (non-hydrogen) atoms. The third-order valence-electron chi connectivity index (χ3n) is 15.6. The summed E-state index contributed by atoms with van der Waals surface area (Å²) in [4.78, 5) is 163. The van der Waals surface area contributed by atoms with E-state index in [-0.39, 0.29) is 75.5 Å². The van der Waals surface area contributed by atoms with Crippen molar-refractivity contribution in [3.8, 4) is 5.75 Å². The van der Waals surface area contributed by atoms with Gasteiger partial charge >= 0.3 is 5.97 Å². The molecule has 0 spiro atoms. The molecule has 4 aromatic rings. The maximum absolute atomic E-state index is 14.7. The fourth-order valence-electron chi connectivity index (χ4n) is 9.86. The van der Waals surface area contributed by atoms with Gasteiger partial charge in [0.1, 0.15) is 42.3 Å². The van der Waals surface area contributed by atoms with E-state index in [4.69, 9.17) is 10.5 Å². The van der Waals surface area contributed by atoms with Gasteiger partial charge in [0.2, 0.25) is 59.1 Å². The summed E-state index contributed by atoms with van der Waals surface area (Å²) in [5.41, 5.74) is 8.10. The first-order chi connectivity index (χ1) is 44.4. The number of carboxylic acid groups (broad SMARTS) is 1. The molecule has 5 rings (SSSR count). The van der Waals surface area contributed by atoms with E-state index in [1.807, 2.05) is 13.8 Å². The number of ether oxygens (including phenoxy) is 1. The molecule has 0 saturated carbocycles. The number of carboxylic acids is 1. The first-order valence-electron chi connectivity index (χ1n) is 31.0. The maximum atomic E-state index is 14.7. The molecule has 29 heteroatoms. The molecule has 0 bridgehead atoms. The molecular formula is C64H88FN13O13S2. The number of H-pyrrole nitrogens is 1. The molecule has 1 saturated heterocycles. The molecule has 10 amide bonds. The molecule has 11 atom stereocenters. The van der Waals surface area contributed by atoms with Crippen LogP contribution < -0.4 is 53.0 Å². The van der Waals surface area contributed by atoms with E-state index in [0.29, 0.717) is 35.4 Å². The number of benzene rings is 2. The lowest BCUT2D eigenvalue weighted by Gasteiger charge is -2.31. The highest BCUT2D eigenvalue weighted by Crippen LogP contribution is 2.26. The Morgan fingerprint density at radius 2 is 1.26 bits per heavy atom. The Kier molecular flexibility index (Phi) is 31.2. The van der Waals surface area contributed by atoms with Crippen LogP contribution in [0.3, 0.4) is 0 Å². The quantitative estimate of drug-likeness (QED) is 0.0173. The zero-order valence-corrected chi connectivity index (χ0v) is 55.1. The van der Waals surface area contributed by atoms with Crippen molar-refractivity contribution < 1.29 is 67.0 Å². The molecule has 3 heterocycles. The summed E-state index contributed by atoms with van der Waals surface area (Å²) in [5, 5.41) is 30.5. The summed E-state index contributed by atoms with van der Waals surface area (Å²) in [6, 6.07) is 10.2. The molecule has 2 aromatic heterocycles. The van der Waals surface area contributed by atoms with Gasteiger partial charge in [-0.05, 0) is 72.3 Å². The fraction of sp³-hybridized carbons (Fsp3) is 0.516. The van der Waals surface area contributed by atoms with Crippen molar-refractivity contribution in [1.29, 1.82) is 0 Å². The largest absolute Gasteiger partial charge is 0.489 e. The van der Waals surface area contributed by atoms with E-state index in [2.05, 4.69) is 57.5 Å². The maximum Gasteiger partial charge on any atom is 0.326 e. The molecule has 1 fully saturated rings. The highest BCUT2D eigenvalue weighted by molar-refractivity contribution is 8.00. The molecule has 1 unspecified atom stereocenters. The molecule has 1 aliphatic rings. The Morgan fingerprint density at radius 3 is 1.82 bits per heavy atom. The lowest BCUT2D eigenvalue weighted by Crippen LogP contribution is -2.61. The van der Waals surface area contributed by atoms with Crippen molar-refractivity contribution in [2.75, 3.05) is 37.5 Å². The van der Waals surface area contributed by atoms with Crippen LogP contribution in [0.2, 0.25) is 0 Å². The van der Waals surface area contributed by atoms with Crippen molar-refractivity contribution in [2.24, 2.45) is 23.5 Å². The number of carbonyl (C=O) groups is 11. The molecule has 506 valence electrons. The Balaban J connectivity index is 1.26. The number of imide groups is 1. The number of pyridine rings is 1. The number of amides is 10. The van der Waals surface area contributed by atoms with Gasteiger partial charge in [-0.3, -0.25) is 52.8 Å². The number of aliphatic carboxylic acids is 1. The van der Waals surface area contributed by atoms with Crippen LogP contribution in [0.15, 0.2) is 91.5 Å². The molecule has 0 radical (unpaired) electrons. The number of halogens is 1. The lowest BCUT2D eigenvalue weighted by molar-refractivity contribution is -0.142. The number of aromatic nitrogens is 3. The van der Waals surface area contributed by atoms with E-state index in [0.717, 1.165) is 16.7 Å². The van der Waals surface area contributed by atoms with Gasteiger partial charge in [0.05, 0.1) is 30.8 Å². The van der Waals surface area contributed by atoms with Crippen LogP contribution in [-0.2, 0) is 72.0 Å². The van der Waals surface area contributed by atoms with Crippen molar-refractivity contribution in [2.45, 2.75) is 153 Å². The minimum atomic E-state index is -1.36. The van der Waals surface area contributed by atoms with E-state index < -0.39 is 143 Å². The molecule has 2 aromatic carbocycles. The van der Waals surface area contributed by atoms with E-state index >= 15 is 0 Å². The van der Waals surface area contributed by atoms with Gasteiger partial charge in [-0.25, -0.2) is 14.8 Å². The second-order valence-corrected chi connectivity index (χ2v) is 25.5. The van der Waals surface area contributed by atoms with Gasteiger partial charge in [0.15, 0.2) is 5.75 Å². The number of rotatable bonds is 40. The summed E-state index contributed by atoms with van der Waals surface area (Å²) in [6.45, 7) is 10.1. The standard InChI is InChI=1S/C64H88FN13O13S2/c1-8-38(5)53(61(86)69-34-51(79)71-46(29-40-18-12-10-13-19-40)57(82)72-44(64(89)90)23-27-92-7)77-62(87)54(39(6)9-2)76-60(85)45(28-37(3)4)74-58(83)47(30-41-20-14-11-15-21-41)75-59(84)48(31-42-33-67-36-70-42)73-56(81)43(66)35-93-50-32-52(80)78(63(50)88)25-17-26-91-49-22-16-24-68-55(49)65/h10-16,18-22,24,33,36-39,43-48,50,53-54H,8-9,17,23,25-32,34-35,66H2,1-7H3,(H,67,70)(H,69,86)(H,71,79)(H,72,82)(H,73,81)(H,74,83)(H,75,84)(H,76,85)(H,77,87)(H,89,90)/t38-,39-,43-,44-,45-,46-,47-,48-,50?,53-,54-/m0/s1/i65-1. The topological polar surface area (TPSA) is 384 Å². The van der Waals surface area contributed by atoms with Crippen molar-refractivity contribution in [1.82, 2.24) is 62.4 Å². The van der Waals surface area contributed by atoms with E-state index in [9.17, 15) is 62.2 Å². The van der Waals surface area contributed by atoms with Crippen LogP contribution in [0.25, 0.3) is 0 Å². The number of aromatic amines is 1. The molecule has 26 nitrogen and oxygen atoms in total. The summed E-state index contributed by atoms with van der Waals surface area (Å²) in [6.07, 6.45) is 6.75. The third kappa shape index (κ3) is 24.5. The number of hydrogen-bond acceptors (Lipinski definition) is 17. The average molecular weight is 1330 g/mol. The van der Waals surface area contributed by atoms with Crippen LogP contribution in [0.1, 0.15) is 96.9 Å². The van der Waals surface area contributed by atoms with Crippen LogP contribution in [0.4, 0.5) is 4.39 Å². The van der Waals surface area contributed by atoms with Crippen LogP contribution in [-0.4, -0.2) is 181 Å². The molecule has 1 aliphatic heterocycles. The summed E-state index contributed by atoms with van der Waals surface area (Å²) in [5.74, 6) is -10.0. The van der Waals surface area contributed by atoms with Crippen LogP contribution in [0.5, 0.6) is 5.75 Å². The number of nitrogens with two attached hydrogens (primary N) is 1. The van der Waals surface area contributed by atoms with Gasteiger partial charge in [-0.15, -0.1) is 11.8 Å². The zero-order chi connectivity index (χ0) is 68.1. The summed E-state index contributed by atoms with van der Waals surface area (Å²) >= 11 is 2.41.